The minimum atomic E-state index is -0.279. The fourth-order valence-electron chi connectivity index (χ4n) is 2.51. The normalized spacial score (nSPS) is 13.9. The third kappa shape index (κ3) is 3.85. The lowest BCUT2D eigenvalue weighted by Gasteiger charge is -2.16. The summed E-state index contributed by atoms with van der Waals surface area (Å²) < 4.78 is 0. The van der Waals surface area contributed by atoms with Crippen molar-refractivity contribution in [3.05, 3.63) is 54.4 Å². The van der Waals surface area contributed by atoms with E-state index in [-0.39, 0.29) is 11.9 Å². The molecule has 3 amide bonds. The number of hydrogen-bond acceptors (Lipinski definition) is 3. The van der Waals surface area contributed by atoms with Gasteiger partial charge >= 0.3 is 6.03 Å². The van der Waals surface area contributed by atoms with Crippen molar-refractivity contribution in [3.8, 4) is 0 Å². The number of nitrogens with one attached hydrogen (secondary N) is 2. The summed E-state index contributed by atoms with van der Waals surface area (Å²) in [7, 11) is 0. The zero-order valence-electron chi connectivity index (χ0n) is 12.7. The Morgan fingerprint density at radius 3 is 2.70 bits per heavy atom. The van der Waals surface area contributed by atoms with Crippen LogP contribution in [0.1, 0.15) is 18.4 Å². The lowest BCUT2D eigenvalue weighted by Crippen LogP contribution is -2.28. The van der Waals surface area contributed by atoms with Crippen molar-refractivity contribution in [2.75, 3.05) is 16.8 Å². The molecule has 1 aromatic heterocycles. The summed E-state index contributed by atoms with van der Waals surface area (Å²) in [5, 5.41) is 5.54. The van der Waals surface area contributed by atoms with Crippen LogP contribution in [0.3, 0.4) is 0 Å². The predicted molar refractivity (Wildman–Crippen MR) is 88.1 cm³/mol. The number of rotatable bonds is 4. The first-order valence-electron chi connectivity index (χ1n) is 7.56. The maximum absolute atomic E-state index is 11.9. The number of benzene rings is 1. The monoisotopic (exact) mass is 310 g/mol. The number of urea groups is 1. The maximum Gasteiger partial charge on any atom is 0.319 e. The topological polar surface area (TPSA) is 74.3 Å². The van der Waals surface area contributed by atoms with Crippen molar-refractivity contribution in [1.82, 2.24) is 10.3 Å². The molecular weight excluding hydrogens is 292 g/mol. The average Bonchev–Trinajstić information content (AvgIpc) is 3.01. The molecule has 118 valence electrons. The third-order valence-corrected chi connectivity index (χ3v) is 3.69. The summed E-state index contributed by atoms with van der Waals surface area (Å²) >= 11 is 0. The lowest BCUT2D eigenvalue weighted by molar-refractivity contribution is -0.117. The van der Waals surface area contributed by atoms with E-state index >= 15 is 0 Å². The van der Waals surface area contributed by atoms with Crippen LogP contribution in [0.2, 0.25) is 0 Å². The van der Waals surface area contributed by atoms with Gasteiger partial charge in [-0.05, 0) is 42.3 Å². The van der Waals surface area contributed by atoms with Crippen LogP contribution in [-0.2, 0) is 11.3 Å². The van der Waals surface area contributed by atoms with Gasteiger partial charge in [-0.25, -0.2) is 4.79 Å². The van der Waals surface area contributed by atoms with Crippen LogP contribution in [-0.4, -0.2) is 23.5 Å². The molecule has 0 atom stereocenters. The standard InChI is InChI=1S/C17H18N4O2/c22-16-4-2-10-21(16)15-7-5-14(6-8-15)20-17(23)19-12-13-3-1-9-18-11-13/h1,3,5-9,11H,2,4,10,12H2,(H2,19,20,23). The summed E-state index contributed by atoms with van der Waals surface area (Å²) in [4.78, 5) is 29.3. The highest BCUT2D eigenvalue weighted by atomic mass is 16.2. The summed E-state index contributed by atoms with van der Waals surface area (Å²) in [6.45, 7) is 1.18. The molecule has 0 saturated carbocycles. The van der Waals surface area contributed by atoms with E-state index in [1.165, 1.54) is 0 Å². The van der Waals surface area contributed by atoms with Gasteiger partial charge in [-0.3, -0.25) is 9.78 Å². The van der Waals surface area contributed by atoms with Crippen LogP contribution in [0, 0.1) is 0 Å². The summed E-state index contributed by atoms with van der Waals surface area (Å²) in [5.74, 6) is 0.153. The second-order valence-electron chi connectivity index (χ2n) is 5.36. The Bertz CT molecular complexity index is 685. The van der Waals surface area contributed by atoms with E-state index in [2.05, 4.69) is 15.6 Å². The number of carbonyl (C=O) groups is 2. The number of pyridine rings is 1. The van der Waals surface area contributed by atoms with E-state index in [9.17, 15) is 9.59 Å². The molecule has 0 radical (unpaired) electrons. The van der Waals surface area contributed by atoms with Crippen LogP contribution >= 0.6 is 0 Å². The molecule has 2 heterocycles. The average molecular weight is 310 g/mol. The summed E-state index contributed by atoms with van der Waals surface area (Å²) in [6.07, 6.45) is 4.91. The van der Waals surface area contributed by atoms with Crippen LogP contribution in [0.15, 0.2) is 48.8 Å². The van der Waals surface area contributed by atoms with Gasteiger partial charge < -0.3 is 15.5 Å². The Hall–Kier alpha value is -2.89. The molecule has 0 bridgehead atoms. The molecule has 0 unspecified atom stereocenters. The van der Waals surface area contributed by atoms with Gasteiger partial charge in [0.2, 0.25) is 5.91 Å². The van der Waals surface area contributed by atoms with Gasteiger partial charge in [0.1, 0.15) is 0 Å². The molecule has 0 aliphatic carbocycles. The number of amides is 3. The largest absolute Gasteiger partial charge is 0.334 e. The zero-order valence-corrected chi connectivity index (χ0v) is 12.7. The van der Waals surface area contributed by atoms with E-state index in [0.717, 1.165) is 24.2 Å². The zero-order chi connectivity index (χ0) is 16.1. The second-order valence-corrected chi connectivity index (χ2v) is 5.36. The maximum atomic E-state index is 11.9. The molecule has 6 nitrogen and oxygen atoms in total. The summed E-state index contributed by atoms with van der Waals surface area (Å²) in [5.41, 5.74) is 2.49. The Balaban J connectivity index is 1.53. The third-order valence-electron chi connectivity index (χ3n) is 3.69. The van der Waals surface area contributed by atoms with Crippen LogP contribution in [0.4, 0.5) is 16.2 Å². The van der Waals surface area contributed by atoms with Crippen LogP contribution in [0.5, 0.6) is 0 Å². The van der Waals surface area contributed by atoms with Gasteiger partial charge in [-0.15, -0.1) is 0 Å². The fourth-order valence-corrected chi connectivity index (χ4v) is 2.51. The number of carbonyl (C=O) groups excluding carboxylic acids is 2. The van der Waals surface area contributed by atoms with Crippen molar-refractivity contribution in [2.24, 2.45) is 0 Å². The Labute approximate surface area is 134 Å². The van der Waals surface area contributed by atoms with Crippen molar-refractivity contribution < 1.29 is 9.59 Å². The Kier molecular flexibility index (Phi) is 4.52. The van der Waals surface area contributed by atoms with E-state index < -0.39 is 0 Å². The molecule has 23 heavy (non-hydrogen) atoms. The van der Waals surface area contributed by atoms with E-state index in [4.69, 9.17) is 0 Å². The minimum absolute atomic E-state index is 0.153. The van der Waals surface area contributed by atoms with Gasteiger partial charge in [-0.1, -0.05) is 6.07 Å². The second kappa shape index (κ2) is 6.91. The quantitative estimate of drug-likeness (QED) is 0.911. The number of aromatic nitrogens is 1. The van der Waals surface area contributed by atoms with E-state index in [0.29, 0.717) is 18.7 Å². The predicted octanol–water partition coefficient (Wildman–Crippen LogP) is 2.53. The molecule has 2 N–H and O–H groups in total. The highest BCUT2D eigenvalue weighted by molar-refractivity contribution is 5.96. The molecule has 1 saturated heterocycles. The first-order valence-corrected chi connectivity index (χ1v) is 7.56. The molecule has 6 heteroatoms. The summed E-state index contributed by atoms with van der Waals surface area (Å²) in [6, 6.07) is 10.7. The molecular formula is C17H18N4O2. The Morgan fingerprint density at radius 1 is 1.22 bits per heavy atom. The van der Waals surface area contributed by atoms with Gasteiger partial charge in [0, 0.05) is 43.3 Å². The lowest BCUT2D eigenvalue weighted by atomic mass is 10.2. The van der Waals surface area contributed by atoms with E-state index in [1.54, 1.807) is 29.4 Å². The first-order chi connectivity index (χ1) is 11.2. The number of hydrogen-bond donors (Lipinski definition) is 2. The van der Waals surface area contributed by atoms with Gasteiger partial charge in [-0.2, -0.15) is 0 Å². The van der Waals surface area contributed by atoms with Crippen LogP contribution in [0.25, 0.3) is 0 Å². The first kappa shape index (κ1) is 15.0. The molecule has 3 rings (SSSR count). The van der Waals surface area contributed by atoms with Crippen LogP contribution < -0.4 is 15.5 Å². The molecule has 1 aliphatic heterocycles. The number of nitrogens with zero attached hydrogens (tertiary/aromatic N) is 2. The molecule has 1 aromatic carbocycles. The van der Waals surface area contributed by atoms with Crippen molar-refractivity contribution >= 4 is 23.3 Å². The van der Waals surface area contributed by atoms with Gasteiger partial charge in [0.05, 0.1) is 0 Å². The SMILES string of the molecule is O=C(NCc1cccnc1)Nc1ccc(N2CCCC2=O)cc1. The highest BCUT2D eigenvalue weighted by Crippen LogP contribution is 2.22. The fraction of sp³-hybridized carbons (Fsp3) is 0.235. The highest BCUT2D eigenvalue weighted by Gasteiger charge is 2.21. The number of anilines is 2. The molecule has 2 aromatic rings. The van der Waals surface area contributed by atoms with Crippen molar-refractivity contribution in [1.29, 1.82) is 0 Å². The molecule has 0 spiro atoms. The molecule has 1 aliphatic rings. The smallest absolute Gasteiger partial charge is 0.319 e. The minimum Gasteiger partial charge on any atom is -0.334 e. The van der Waals surface area contributed by atoms with Crippen molar-refractivity contribution in [3.63, 3.8) is 0 Å². The molecule has 1 fully saturated rings. The van der Waals surface area contributed by atoms with Crippen molar-refractivity contribution in [2.45, 2.75) is 19.4 Å². The van der Waals surface area contributed by atoms with E-state index in [1.807, 2.05) is 24.3 Å². The van der Waals surface area contributed by atoms with Gasteiger partial charge in [0.15, 0.2) is 0 Å². The van der Waals surface area contributed by atoms with Gasteiger partial charge in [0.25, 0.3) is 0 Å². The Morgan fingerprint density at radius 2 is 2.04 bits per heavy atom.